The molecule has 1 saturated heterocycles. The minimum absolute atomic E-state index is 0. The Kier molecular flexibility index (Phi) is 4.51. The van der Waals surface area contributed by atoms with Crippen molar-refractivity contribution >= 4 is 12.4 Å². The number of halogens is 1. The molecule has 0 saturated carbocycles. The van der Waals surface area contributed by atoms with Crippen LogP contribution >= 0.6 is 12.4 Å². The molecule has 1 rings (SSSR count). The Morgan fingerprint density at radius 1 is 1.70 bits per heavy atom. The van der Waals surface area contributed by atoms with Gasteiger partial charge in [-0.3, -0.25) is 0 Å². The highest BCUT2D eigenvalue weighted by atomic mass is 35.5. The number of nitrogens with one attached hydrogen (secondary N) is 1. The monoisotopic (exact) mass is 159 g/mol. The molecule has 1 fully saturated rings. The van der Waals surface area contributed by atoms with Crippen LogP contribution in [0.2, 0.25) is 0 Å². The smallest absolute Gasteiger partial charge is 0.0212 e. The highest BCUT2D eigenvalue weighted by Gasteiger charge is 2.18. The minimum Gasteiger partial charge on any atom is -0.316 e. The summed E-state index contributed by atoms with van der Waals surface area (Å²) in [5.41, 5.74) is 0. The molecule has 58 valence electrons. The van der Waals surface area contributed by atoms with E-state index in [1.807, 2.05) is 0 Å². The van der Waals surface area contributed by atoms with Gasteiger partial charge in [0.15, 0.2) is 0 Å². The number of rotatable bonds is 1. The third kappa shape index (κ3) is 2.21. The van der Waals surface area contributed by atoms with E-state index in [4.69, 9.17) is 6.42 Å². The van der Waals surface area contributed by atoms with Gasteiger partial charge in [-0.1, -0.05) is 6.92 Å². The zero-order chi connectivity index (χ0) is 6.69. The van der Waals surface area contributed by atoms with Crippen LogP contribution in [0.25, 0.3) is 0 Å². The molecular weight excluding hydrogens is 146 g/mol. The van der Waals surface area contributed by atoms with Crippen molar-refractivity contribution in [3.05, 3.63) is 0 Å². The normalized spacial score (nSPS) is 26.6. The van der Waals surface area contributed by atoms with Crippen molar-refractivity contribution in [2.24, 2.45) is 11.8 Å². The molecule has 0 aromatic carbocycles. The average Bonchev–Trinajstić information content (AvgIpc) is 2.37. The van der Waals surface area contributed by atoms with E-state index in [1.165, 1.54) is 6.42 Å². The SMILES string of the molecule is C#CC(C)C1CCNC1.Cl. The van der Waals surface area contributed by atoms with E-state index in [2.05, 4.69) is 18.2 Å². The van der Waals surface area contributed by atoms with E-state index >= 15 is 0 Å². The van der Waals surface area contributed by atoms with Gasteiger partial charge < -0.3 is 5.32 Å². The topological polar surface area (TPSA) is 12.0 Å². The van der Waals surface area contributed by atoms with Crippen LogP contribution in [-0.4, -0.2) is 13.1 Å². The highest BCUT2D eigenvalue weighted by Crippen LogP contribution is 2.16. The molecule has 0 aromatic heterocycles. The van der Waals surface area contributed by atoms with Crippen LogP contribution in [0.3, 0.4) is 0 Å². The molecule has 2 unspecified atom stereocenters. The predicted octanol–water partition coefficient (Wildman–Crippen LogP) is 1.29. The van der Waals surface area contributed by atoms with E-state index in [-0.39, 0.29) is 12.4 Å². The second-order valence-electron chi connectivity index (χ2n) is 2.71. The van der Waals surface area contributed by atoms with Crippen LogP contribution in [0.15, 0.2) is 0 Å². The zero-order valence-corrected chi connectivity index (χ0v) is 7.08. The van der Waals surface area contributed by atoms with Gasteiger partial charge in [-0.05, 0) is 25.4 Å². The van der Waals surface area contributed by atoms with Gasteiger partial charge in [-0.25, -0.2) is 0 Å². The largest absolute Gasteiger partial charge is 0.316 e. The highest BCUT2D eigenvalue weighted by molar-refractivity contribution is 5.85. The second kappa shape index (κ2) is 4.60. The quantitative estimate of drug-likeness (QED) is 0.569. The van der Waals surface area contributed by atoms with E-state index in [0.717, 1.165) is 19.0 Å². The van der Waals surface area contributed by atoms with Crippen molar-refractivity contribution < 1.29 is 0 Å². The first-order chi connectivity index (χ1) is 4.34. The van der Waals surface area contributed by atoms with E-state index in [1.54, 1.807) is 0 Å². The van der Waals surface area contributed by atoms with Crippen LogP contribution in [-0.2, 0) is 0 Å². The molecule has 0 bridgehead atoms. The molecule has 2 heteroatoms. The maximum Gasteiger partial charge on any atom is 0.0212 e. The third-order valence-electron chi connectivity index (χ3n) is 2.07. The van der Waals surface area contributed by atoms with E-state index in [9.17, 15) is 0 Å². The van der Waals surface area contributed by atoms with Crippen molar-refractivity contribution in [3.8, 4) is 12.3 Å². The molecule has 1 nitrogen and oxygen atoms in total. The van der Waals surface area contributed by atoms with Crippen molar-refractivity contribution in [2.75, 3.05) is 13.1 Å². The zero-order valence-electron chi connectivity index (χ0n) is 6.26. The van der Waals surface area contributed by atoms with Gasteiger partial charge >= 0.3 is 0 Å². The standard InChI is InChI=1S/C8H13N.ClH/c1-3-7(2)8-4-5-9-6-8;/h1,7-9H,4-6H2,2H3;1H. The summed E-state index contributed by atoms with van der Waals surface area (Å²) < 4.78 is 0. The maximum atomic E-state index is 5.27. The predicted molar refractivity (Wildman–Crippen MR) is 46.2 cm³/mol. The van der Waals surface area contributed by atoms with Gasteiger partial charge in [0.1, 0.15) is 0 Å². The lowest BCUT2D eigenvalue weighted by Gasteiger charge is -2.09. The lowest BCUT2D eigenvalue weighted by atomic mass is 9.94. The second-order valence-corrected chi connectivity index (χ2v) is 2.71. The molecule has 2 atom stereocenters. The minimum atomic E-state index is 0. The maximum absolute atomic E-state index is 5.27. The summed E-state index contributed by atoms with van der Waals surface area (Å²) in [6.07, 6.45) is 6.53. The summed E-state index contributed by atoms with van der Waals surface area (Å²) in [6.45, 7) is 4.39. The molecule has 1 aliphatic rings. The van der Waals surface area contributed by atoms with E-state index in [0.29, 0.717) is 5.92 Å². The fourth-order valence-electron chi connectivity index (χ4n) is 1.24. The van der Waals surface area contributed by atoms with Crippen LogP contribution in [0.4, 0.5) is 0 Å². The summed E-state index contributed by atoms with van der Waals surface area (Å²) in [6, 6.07) is 0. The van der Waals surface area contributed by atoms with Crippen molar-refractivity contribution in [1.82, 2.24) is 5.32 Å². The fourth-order valence-corrected chi connectivity index (χ4v) is 1.24. The van der Waals surface area contributed by atoms with Gasteiger partial charge in [0.25, 0.3) is 0 Å². The summed E-state index contributed by atoms with van der Waals surface area (Å²) in [7, 11) is 0. The molecule has 0 spiro atoms. The molecule has 0 aliphatic carbocycles. The Balaban J connectivity index is 0.000000810. The molecule has 1 heterocycles. The van der Waals surface area contributed by atoms with Gasteiger partial charge in [0, 0.05) is 5.92 Å². The summed E-state index contributed by atoms with van der Waals surface area (Å²) in [4.78, 5) is 0. The van der Waals surface area contributed by atoms with Crippen LogP contribution in [0.1, 0.15) is 13.3 Å². The van der Waals surface area contributed by atoms with E-state index < -0.39 is 0 Å². The summed E-state index contributed by atoms with van der Waals surface area (Å²) in [5.74, 6) is 3.96. The van der Waals surface area contributed by atoms with Crippen LogP contribution < -0.4 is 5.32 Å². The average molecular weight is 160 g/mol. The molecule has 0 aromatic rings. The number of terminal acetylenes is 1. The van der Waals surface area contributed by atoms with Crippen molar-refractivity contribution in [2.45, 2.75) is 13.3 Å². The molecule has 0 amide bonds. The Bertz CT molecular complexity index is 122. The fraction of sp³-hybridized carbons (Fsp3) is 0.750. The first kappa shape index (κ1) is 9.81. The first-order valence-corrected chi connectivity index (χ1v) is 3.51. The molecule has 0 radical (unpaired) electrons. The first-order valence-electron chi connectivity index (χ1n) is 3.51. The lowest BCUT2D eigenvalue weighted by Crippen LogP contribution is -2.13. The summed E-state index contributed by atoms with van der Waals surface area (Å²) in [5, 5.41) is 3.29. The van der Waals surface area contributed by atoms with Crippen LogP contribution in [0.5, 0.6) is 0 Å². The van der Waals surface area contributed by atoms with Gasteiger partial charge in [0.2, 0.25) is 0 Å². The Morgan fingerprint density at radius 2 is 2.40 bits per heavy atom. The molecule has 1 aliphatic heterocycles. The molecule has 10 heavy (non-hydrogen) atoms. The van der Waals surface area contributed by atoms with Crippen LogP contribution in [0, 0.1) is 24.2 Å². The Morgan fingerprint density at radius 3 is 2.80 bits per heavy atom. The Hall–Kier alpha value is -0.190. The molecular formula is C8H14ClN. The third-order valence-corrected chi connectivity index (χ3v) is 2.07. The Labute approximate surface area is 69.0 Å². The van der Waals surface area contributed by atoms with Gasteiger partial charge in [0.05, 0.1) is 0 Å². The van der Waals surface area contributed by atoms with Gasteiger partial charge in [-0.2, -0.15) is 0 Å². The van der Waals surface area contributed by atoms with Gasteiger partial charge in [-0.15, -0.1) is 24.8 Å². The lowest BCUT2D eigenvalue weighted by molar-refractivity contribution is 0.473. The number of hydrogen-bond donors (Lipinski definition) is 1. The summed E-state index contributed by atoms with van der Waals surface area (Å²) >= 11 is 0. The number of hydrogen-bond acceptors (Lipinski definition) is 1. The van der Waals surface area contributed by atoms with Crippen molar-refractivity contribution in [3.63, 3.8) is 0 Å². The molecule has 1 N–H and O–H groups in total. The van der Waals surface area contributed by atoms with Crippen molar-refractivity contribution in [1.29, 1.82) is 0 Å².